The van der Waals surface area contributed by atoms with Crippen molar-refractivity contribution in [2.45, 2.75) is 6.92 Å². The van der Waals surface area contributed by atoms with Crippen LogP contribution in [0.3, 0.4) is 0 Å². The molecule has 0 saturated carbocycles. The van der Waals surface area contributed by atoms with Crippen molar-refractivity contribution in [2.75, 3.05) is 47.6 Å². The molecule has 0 radical (unpaired) electrons. The highest BCUT2D eigenvalue weighted by Gasteiger charge is 2.11. The van der Waals surface area contributed by atoms with Crippen LogP contribution in [0.4, 0.5) is 0 Å². The Morgan fingerprint density at radius 2 is 1.89 bits per heavy atom. The quantitative estimate of drug-likeness (QED) is 0.771. The summed E-state index contributed by atoms with van der Waals surface area (Å²) in [6.45, 7) is 4.04. The lowest BCUT2D eigenvalue weighted by molar-refractivity contribution is 0.189. The van der Waals surface area contributed by atoms with Crippen molar-refractivity contribution >= 4 is 0 Å². The summed E-state index contributed by atoms with van der Waals surface area (Å²) in [6, 6.07) is 3.72. The van der Waals surface area contributed by atoms with Crippen LogP contribution < -0.4 is 14.2 Å². The highest BCUT2D eigenvalue weighted by atomic mass is 16.5. The molecule has 5 nitrogen and oxygen atoms in total. The number of hydrogen-bond donors (Lipinski definition) is 1. The topological polar surface area (TPSA) is 51.2 Å². The predicted molar refractivity (Wildman–Crippen MR) is 74.4 cm³/mol. The summed E-state index contributed by atoms with van der Waals surface area (Å²) < 4.78 is 16.3. The summed E-state index contributed by atoms with van der Waals surface area (Å²) in [5.41, 5.74) is 0.973. The summed E-state index contributed by atoms with van der Waals surface area (Å²) in [5, 5.41) is 8.82. The molecular formula is C14H23NO4. The first-order valence-corrected chi connectivity index (χ1v) is 6.27. The summed E-state index contributed by atoms with van der Waals surface area (Å²) in [5.74, 6) is 2.15. The lowest BCUT2D eigenvalue weighted by atomic mass is 10.2. The van der Waals surface area contributed by atoms with Crippen molar-refractivity contribution in [1.29, 1.82) is 0 Å². The van der Waals surface area contributed by atoms with Gasteiger partial charge in [0.25, 0.3) is 0 Å². The molecule has 1 aromatic rings. The summed E-state index contributed by atoms with van der Waals surface area (Å²) in [6.07, 6.45) is 0. The lowest BCUT2D eigenvalue weighted by Crippen LogP contribution is -2.27. The number of rotatable bonds is 8. The summed E-state index contributed by atoms with van der Waals surface area (Å²) in [7, 11) is 5.18. The molecule has 1 rings (SSSR count). The van der Waals surface area contributed by atoms with Gasteiger partial charge in [0.05, 0.1) is 20.8 Å². The molecule has 0 aromatic heterocycles. The number of hydrogen-bond acceptors (Lipinski definition) is 5. The van der Waals surface area contributed by atoms with Crippen LogP contribution in [0.1, 0.15) is 5.56 Å². The van der Waals surface area contributed by atoms with E-state index in [9.17, 15) is 0 Å². The standard InChI is InChI=1S/C14H23NO4/c1-11-9-12(17-3)10-13(18-4)14(11)19-8-6-15(2)5-7-16/h9-10,16H,5-8H2,1-4H3. The van der Waals surface area contributed by atoms with Gasteiger partial charge >= 0.3 is 0 Å². The zero-order valence-corrected chi connectivity index (χ0v) is 12.1. The van der Waals surface area contributed by atoms with Gasteiger partial charge in [0.2, 0.25) is 0 Å². The Morgan fingerprint density at radius 3 is 2.47 bits per heavy atom. The normalized spacial score (nSPS) is 10.6. The first-order valence-electron chi connectivity index (χ1n) is 6.27. The molecule has 5 heteroatoms. The van der Waals surface area contributed by atoms with Gasteiger partial charge in [-0.25, -0.2) is 0 Å². The monoisotopic (exact) mass is 269 g/mol. The largest absolute Gasteiger partial charge is 0.497 e. The fourth-order valence-corrected chi connectivity index (χ4v) is 1.75. The van der Waals surface area contributed by atoms with Crippen molar-refractivity contribution < 1.29 is 19.3 Å². The third kappa shape index (κ3) is 4.61. The van der Waals surface area contributed by atoms with Crippen molar-refractivity contribution in [2.24, 2.45) is 0 Å². The molecule has 0 saturated heterocycles. The average molecular weight is 269 g/mol. The van der Waals surface area contributed by atoms with Crippen LogP contribution in [0.15, 0.2) is 12.1 Å². The van der Waals surface area contributed by atoms with Gasteiger partial charge in [-0.3, -0.25) is 0 Å². The Kier molecular flexibility index (Phi) is 6.45. The van der Waals surface area contributed by atoms with Crippen LogP contribution in [0, 0.1) is 6.92 Å². The zero-order valence-electron chi connectivity index (χ0n) is 12.1. The second-order valence-corrected chi connectivity index (χ2v) is 4.35. The van der Waals surface area contributed by atoms with Crippen LogP contribution in [-0.2, 0) is 0 Å². The molecule has 0 amide bonds. The van der Waals surface area contributed by atoms with Gasteiger partial charge in [-0.2, -0.15) is 0 Å². The molecule has 1 aromatic carbocycles. The van der Waals surface area contributed by atoms with E-state index in [2.05, 4.69) is 0 Å². The second-order valence-electron chi connectivity index (χ2n) is 4.35. The summed E-state index contributed by atoms with van der Waals surface area (Å²) >= 11 is 0. The third-order valence-electron chi connectivity index (χ3n) is 2.87. The number of aliphatic hydroxyl groups is 1. The first-order chi connectivity index (χ1) is 9.12. The number of benzene rings is 1. The molecule has 0 spiro atoms. The maximum Gasteiger partial charge on any atom is 0.164 e. The number of ether oxygens (including phenoxy) is 3. The highest BCUT2D eigenvalue weighted by Crippen LogP contribution is 2.35. The zero-order chi connectivity index (χ0) is 14.3. The maximum absolute atomic E-state index is 8.82. The fourth-order valence-electron chi connectivity index (χ4n) is 1.75. The van der Waals surface area contributed by atoms with Gasteiger partial charge in [0.15, 0.2) is 11.5 Å². The van der Waals surface area contributed by atoms with Crippen molar-refractivity contribution in [1.82, 2.24) is 4.90 Å². The molecule has 0 aliphatic rings. The molecule has 0 atom stereocenters. The minimum absolute atomic E-state index is 0.154. The van der Waals surface area contributed by atoms with Crippen LogP contribution in [0.25, 0.3) is 0 Å². The van der Waals surface area contributed by atoms with Gasteiger partial charge in [-0.15, -0.1) is 0 Å². The molecule has 0 unspecified atom stereocenters. The minimum atomic E-state index is 0.154. The number of methoxy groups -OCH3 is 2. The molecule has 0 heterocycles. The maximum atomic E-state index is 8.82. The van der Waals surface area contributed by atoms with Gasteiger partial charge < -0.3 is 24.2 Å². The molecule has 19 heavy (non-hydrogen) atoms. The van der Waals surface area contributed by atoms with Crippen molar-refractivity contribution in [3.05, 3.63) is 17.7 Å². The Morgan fingerprint density at radius 1 is 1.16 bits per heavy atom. The van der Waals surface area contributed by atoms with E-state index in [0.717, 1.165) is 23.6 Å². The number of aryl methyl sites for hydroxylation is 1. The highest BCUT2D eigenvalue weighted by molar-refractivity contribution is 5.51. The smallest absolute Gasteiger partial charge is 0.164 e. The molecule has 0 aliphatic heterocycles. The Balaban J connectivity index is 2.67. The van der Waals surface area contributed by atoms with E-state index < -0.39 is 0 Å². The Bertz CT molecular complexity index is 395. The van der Waals surface area contributed by atoms with Gasteiger partial charge in [0.1, 0.15) is 12.4 Å². The lowest BCUT2D eigenvalue weighted by Gasteiger charge is -2.18. The van der Waals surface area contributed by atoms with Crippen LogP contribution >= 0.6 is 0 Å². The molecule has 1 N–H and O–H groups in total. The number of nitrogens with zero attached hydrogens (tertiary/aromatic N) is 1. The SMILES string of the molecule is COc1cc(C)c(OCCN(C)CCO)c(OC)c1. The van der Waals surface area contributed by atoms with Crippen molar-refractivity contribution in [3.8, 4) is 17.2 Å². The van der Waals surface area contributed by atoms with Gasteiger partial charge in [-0.05, 0) is 25.6 Å². The van der Waals surface area contributed by atoms with E-state index in [1.807, 2.05) is 24.9 Å². The number of aliphatic hydroxyl groups excluding tert-OH is 1. The number of likely N-dealkylation sites (N-methyl/N-ethyl adjacent to an activating group) is 1. The van der Waals surface area contributed by atoms with Gasteiger partial charge in [0, 0.05) is 19.2 Å². The molecule has 0 fully saturated rings. The predicted octanol–water partition coefficient (Wildman–Crippen LogP) is 1.32. The Labute approximate surface area is 114 Å². The van der Waals surface area contributed by atoms with Gasteiger partial charge in [-0.1, -0.05) is 0 Å². The molecule has 108 valence electrons. The van der Waals surface area contributed by atoms with Crippen LogP contribution in [-0.4, -0.2) is 57.6 Å². The summed E-state index contributed by atoms with van der Waals surface area (Å²) in [4.78, 5) is 2.01. The fraction of sp³-hybridized carbons (Fsp3) is 0.571. The second kappa shape index (κ2) is 7.86. The van der Waals surface area contributed by atoms with Crippen LogP contribution in [0.2, 0.25) is 0 Å². The van der Waals surface area contributed by atoms with E-state index in [1.54, 1.807) is 20.3 Å². The van der Waals surface area contributed by atoms with E-state index in [0.29, 0.717) is 18.9 Å². The van der Waals surface area contributed by atoms with Crippen LogP contribution in [0.5, 0.6) is 17.2 Å². The molecule has 0 aliphatic carbocycles. The molecular weight excluding hydrogens is 246 g/mol. The van der Waals surface area contributed by atoms with E-state index >= 15 is 0 Å². The Hall–Kier alpha value is -1.46. The van der Waals surface area contributed by atoms with Crippen molar-refractivity contribution in [3.63, 3.8) is 0 Å². The van der Waals surface area contributed by atoms with E-state index in [-0.39, 0.29) is 6.61 Å². The van der Waals surface area contributed by atoms with E-state index in [1.165, 1.54) is 0 Å². The third-order valence-corrected chi connectivity index (χ3v) is 2.87. The van der Waals surface area contributed by atoms with E-state index in [4.69, 9.17) is 19.3 Å². The molecule has 0 bridgehead atoms. The average Bonchev–Trinajstić information content (AvgIpc) is 2.40. The first kappa shape index (κ1) is 15.6. The minimum Gasteiger partial charge on any atom is -0.497 e.